The fourth-order valence-electron chi connectivity index (χ4n) is 4.37. The van der Waals surface area contributed by atoms with Gasteiger partial charge in [0.15, 0.2) is 0 Å². The summed E-state index contributed by atoms with van der Waals surface area (Å²) in [5, 5.41) is 0.955. The van der Waals surface area contributed by atoms with E-state index in [1.54, 1.807) is 12.1 Å². The molecule has 3 aromatic carbocycles. The van der Waals surface area contributed by atoms with Crippen molar-refractivity contribution in [3.8, 4) is 11.3 Å². The van der Waals surface area contributed by atoms with E-state index in [1.807, 2.05) is 49.4 Å². The second-order valence-corrected chi connectivity index (χ2v) is 8.60. The van der Waals surface area contributed by atoms with Crippen molar-refractivity contribution in [1.29, 1.82) is 0 Å². The Morgan fingerprint density at radius 3 is 2.55 bits per heavy atom. The predicted molar refractivity (Wildman–Crippen MR) is 126 cm³/mol. The Hall–Kier alpha value is -3.44. The second-order valence-electron chi connectivity index (χ2n) is 8.60. The Morgan fingerprint density at radius 1 is 1.00 bits per heavy atom. The van der Waals surface area contributed by atoms with Crippen LogP contribution >= 0.6 is 0 Å². The molecule has 5 heteroatoms. The van der Waals surface area contributed by atoms with Crippen LogP contribution < -0.4 is 0 Å². The summed E-state index contributed by atoms with van der Waals surface area (Å²) < 4.78 is 26.0. The van der Waals surface area contributed by atoms with Gasteiger partial charge in [-0.1, -0.05) is 48.5 Å². The quantitative estimate of drug-likeness (QED) is 0.337. The summed E-state index contributed by atoms with van der Waals surface area (Å²) in [6, 6.07) is 23.6. The molecule has 0 aliphatic carbocycles. The molecule has 1 aromatic heterocycles. The van der Waals surface area contributed by atoms with Crippen LogP contribution in [0.25, 0.3) is 22.3 Å². The number of hydrogen-bond donors (Lipinski definition) is 0. The van der Waals surface area contributed by atoms with Gasteiger partial charge in [-0.2, -0.15) is 0 Å². The molecule has 0 bridgehead atoms. The van der Waals surface area contributed by atoms with Crippen LogP contribution in [0.1, 0.15) is 23.6 Å². The Morgan fingerprint density at radius 2 is 1.79 bits per heavy atom. The monoisotopic (exact) mass is 443 g/mol. The summed E-state index contributed by atoms with van der Waals surface area (Å²) in [6.45, 7) is 4.12. The molecule has 0 unspecified atom stereocenters. The lowest BCUT2D eigenvalue weighted by atomic mass is 9.99. The summed E-state index contributed by atoms with van der Waals surface area (Å²) in [7, 11) is 0. The van der Waals surface area contributed by atoms with Crippen molar-refractivity contribution in [2.24, 2.45) is 5.92 Å². The SMILES string of the molecule is CCOC(=O)C1CN(Cc2ccc(-c3cc4ccc(Cc5ccccc5)cc4o3)c(F)c2)C1. The van der Waals surface area contributed by atoms with Gasteiger partial charge in [0.25, 0.3) is 0 Å². The average Bonchev–Trinajstić information content (AvgIpc) is 3.20. The number of furan rings is 1. The molecule has 33 heavy (non-hydrogen) atoms. The number of carbonyl (C=O) groups is 1. The molecule has 4 nitrogen and oxygen atoms in total. The van der Waals surface area contributed by atoms with Crippen LogP contribution in [0.2, 0.25) is 0 Å². The van der Waals surface area contributed by atoms with E-state index in [0.29, 0.717) is 37.6 Å². The predicted octanol–water partition coefficient (Wildman–Crippen LogP) is 5.82. The van der Waals surface area contributed by atoms with Crippen LogP contribution in [-0.4, -0.2) is 30.6 Å². The average molecular weight is 444 g/mol. The zero-order valence-corrected chi connectivity index (χ0v) is 18.6. The van der Waals surface area contributed by atoms with Crippen LogP contribution in [0.3, 0.4) is 0 Å². The highest BCUT2D eigenvalue weighted by Crippen LogP contribution is 2.31. The molecule has 0 saturated carbocycles. The van der Waals surface area contributed by atoms with Gasteiger partial charge in [0.1, 0.15) is 17.2 Å². The standard InChI is InChI=1S/C28H26FNO3/c1-2-32-28(31)23-17-30(18-23)16-21-9-11-24(25(29)13-21)27-15-22-10-8-20(14-26(22)33-27)12-19-6-4-3-5-7-19/h3-11,13-15,23H,2,12,16-18H2,1H3. The molecule has 1 fully saturated rings. The fourth-order valence-corrected chi connectivity index (χ4v) is 4.37. The molecule has 1 saturated heterocycles. The van der Waals surface area contributed by atoms with Crippen LogP contribution in [-0.2, 0) is 22.5 Å². The van der Waals surface area contributed by atoms with Crippen molar-refractivity contribution in [2.75, 3.05) is 19.7 Å². The van der Waals surface area contributed by atoms with E-state index in [-0.39, 0.29) is 17.7 Å². The van der Waals surface area contributed by atoms with Crippen molar-refractivity contribution < 1.29 is 18.3 Å². The van der Waals surface area contributed by atoms with E-state index in [2.05, 4.69) is 23.1 Å². The Labute approximate surface area is 192 Å². The van der Waals surface area contributed by atoms with E-state index >= 15 is 0 Å². The molecule has 0 amide bonds. The molecule has 0 atom stereocenters. The van der Waals surface area contributed by atoms with Gasteiger partial charge in [-0.15, -0.1) is 0 Å². The van der Waals surface area contributed by atoms with Crippen LogP contribution in [0.4, 0.5) is 4.39 Å². The maximum atomic E-state index is 15.0. The molecule has 1 aliphatic rings. The van der Waals surface area contributed by atoms with Gasteiger partial charge in [-0.3, -0.25) is 9.69 Å². The number of likely N-dealkylation sites (tertiary alicyclic amines) is 1. The number of hydrogen-bond acceptors (Lipinski definition) is 4. The topological polar surface area (TPSA) is 42.7 Å². The van der Waals surface area contributed by atoms with Gasteiger partial charge >= 0.3 is 5.97 Å². The molecule has 0 N–H and O–H groups in total. The number of rotatable bonds is 7. The van der Waals surface area contributed by atoms with Crippen molar-refractivity contribution in [3.63, 3.8) is 0 Å². The minimum Gasteiger partial charge on any atom is -0.466 e. The highest BCUT2D eigenvalue weighted by molar-refractivity contribution is 5.83. The van der Waals surface area contributed by atoms with Gasteiger partial charge in [0.05, 0.1) is 18.1 Å². The summed E-state index contributed by atoms with van der Waals surface area (Å²) >= 11 is 0. The first-order valence-electron chi connectivity index (χ1n) is 11.3. The first kappa shape index (κ1) is 21.4. The van der Waals surface area contributed by atoms with Gasteiger partial charge in [-0.05, 0) is 54.3 Å². The van der Waals surface area contributed by atoms with E-state index < -0.39 is 0 Å². The Kier molecular flexibility index (Phi) is 5.97. The van der Waals surface area contributed by atoms with Crippen molar-refractivity contribution >= 4 is 16.9 Å². The van der Waals surface area contributed by atoms with Gasteiger partial charge in [-0.25, -0.2) is 4.39 Å². The molecular formula is C28H26FNO3. The third-order valence-electron chi connectivity index (χ3n) is 6.12. The van der Waals surface area contributed by atoms with Crippen LogP contribution in [0.15, 0.2) is 77.2 Å². The first-order chi connectivity index (χ1) is 16.1. The molecular weight excluding hydrogens is 417 g/mol. The maximum Gasteiger partial charge on any atom is 0.311 e. The summed E-state index contributed by atoms with van der Waals surface area (Å²) in [5.41, 5.74) is 4.47. The lowest BCUT2D eigenvalue weighted by Crippen LogP contribution is -2.50. The molecule has 1 aliphatic heterocycles. The van der Waals surface area contributed by atoms with Crippen molar-refractivity contribution in [3.05, 3.63) is 95.3 Å². The Bertz CT molecular complexity index is 1280. The number of ether oxygens (including phenoxy) is 1. The number of halogens is 1. The largest absolute Gasteiger partial charge is 0.466 e. The molecule has 2 heterocycles. The number of esters is 1. The second kappa shape index (κ2) is 9.20. The zero-order chi connectivity index (χ0) is 22.8. The van der Waals surface area contributed by atoms with E-state index in [4.69, 9.17) is 9.15 Å². The third kappa shape index (κ3) is 4.69. The minimum atomic E-state index is -0.307. The number of fused-ring (bicyclic) bond motifs is 1. The lowest BCUT2D eigenvalue weighted by molar-refractivity contribution is -0.154. The van der Waals surface area contributed by atoms with E-state index in [0.717, 1.165) is 28.5 Å². The lowest BCUT2D eigenvalue weighted by Gasteiger charge is -2.37. The molecule has 168 valence electrons. The third-order valence-corrected chi connectivity index (χ3v) is 6.12. The molecule has 5 rings (SSSR count). The van der Waals surface area contributed by atoms with Crippen molar-refractivity contribution in [1.82, 2.24) is 4.90 Å². The number of nitrogens with zero attached hydrogens (tertiary/aromatic N) is 1. The summed E-state index contributed by atoms with van der Waals surface area (Å²) in [4.78, 5) is 13.9. The smallest absolute Gasteiger partial charge is 0.311 e. The number of benzene rings is 3. The molecule has 4 aromatic rings. The first-order valence-corrected chi connectivity index (χ1v) is 11.3. The normalized spacial score (nSPS) is 14.4. The van der Waals surface area contributed by atoms with Gasteiger partial charge in [0, 0.05) is 25.0 Å². The van der Waals surface area contributed by atoms with E-state index in [1.165, 1.54) is 5.56 Å². The van der Waals surface area contributed by atoms with Gasteiger partial charge < -0.3 is 9.15 Å². The van der Waals surface area contributed by atoms with Crippen LogP contribution in [0, 0.1) is 11.7 Å². The fraction of sp³-hybridized carbons (Fsp3) is 0.250. The highest BCUT2D eigenvalue weighted by atomic mass is 19.1. The summed E-state index contributed by atoms with van der Waals surface area (Å²) in [5.74, 6) is -0.000687. The number of carbonyl (C=O) groups excluding carboxylic acids is 1. The van der Waals surface area contributed by atoms with Crippen molar-refractivity contribution in [2.45, 2.75) is 19.9 Å². The Balaban J connectivity index is 1.28. The maximum absolute atomic E-state index is 15.0. The zero-order valence-electron chi connectivity index (χ0n) is 18.6. The highest BCUT2D eigenvalue weighted by Gasteiger charge is 2.33. The summed E-state index contributed by atoms with van der Waals surface area (Å²) in [6.07, 6.45) is 0.823. The minimum absolute atomic E-state index is 0.0728. The molecule has 0 radical (unpaired) electrons. The van der Waals surface area contributed by atoms with Crippen LogP contribution in [0.5, 0.6) is 0 Å². The van der Waals surface area contributed by atoms with Gasteiger partial charge in [0.2, 0.25) is 0 Å². The molecule has 0 spiro atoms. The van der Waals surface area contributed by atoms with E-state index in [9.17, 15) is 9.18 Å².